The summed E-state index contributed by atoms with van der Waals surface area (Å²) in [6.45, 7) is 2.04. The van der Waals surface area contributed by atoms with Crippen LogP contribution in [0.4, 0.5) is 14.3 Å². The number of thiazole rings is 1. The fourth-order valence-electron chi connectivity index (χ4n) is 2.95. The van der Waals surface area contributed by atoms with Crippen molar-refractivity contribution in [2.75, 3.05) is 18.1 Å². The van der Waals surface area contributed by atoms with E-state index < -0.39 is 21.7 Å². The summed E-state index contributed by atoms with van der Waals surface area (Å²) in [6, 6.07) is 3.46. The van der Waals surface area contributed by atoms with Crippen molar-refractivity contribution in [3.05, 3.63) is 41.5 Å². The minimum absolute atomic E-state index is 0.313. The van der Waals surface area contributed by atoms with E-state index in [0.29, 0.717) is 51.9 Å². The van der Waals surface area contributed by atoms with Gasteiger partial charge in [-0.3, -0.25) is 5.32 Å². The molecule has 4 rings (SSSR count). The van der Waals surface area contributed by atoms with Crippen LogP contribution >= 0.6 is 11.3 Å². The number of hydrogen-bond acceptors (Lipinski definition) is 8. The number of sulfone groups is 1. The maximum absolute atomic E-state index is 14.2. The zero-order chi connectivity index (χ0) is 22.2. The van der Waals surface area contributed by atoms with Gasteiger partial charge in [0.25, 0.3) is 0 Å². The molecule has 9 nitrogen and oxygen atoms in total. The van der Waals surface area contributed by atoms with Crippen molar-refractivity contribution in [2.24, 2.45) is 0 Å². The van der Waals surface area contributed by atoms with E-state index in [0.717, 1.165) is 25.2 Å². The average Bonchev–Trinajstić information content (AvgIpc) is 3.32. The molecule has 164 valence electrons. The SMILES string of the molecule is Cc1nc(NC(=O)NCCc2nnc(C3CC3)o2)sc1-c1ccc(S(C)(=O)=O)c(F)c1. The maximum atomic E-state index is 14.2. The molecule has 0 bridgehead atoms. The van der Waals surface area contributed by atoms with Crippen molar-refractivity contribution in [3.8, 4) is 10.4 Å². The number of amides is 2. The van der Waals surface area contributed by atoms with Crippen LogP contribution in [-0.2, 0) is 16.3 Å². The number of halogens is 1. The van der Waals surface area contributed by atoms with Gasteiger partial charge in [-0.05, 0) is 37.5 Å². The summed E-state index contributed by atoms with van der Waals surface area (Å²) >= 11 is 1.17. The summed E-state index contributed by atoms with van der Waals surface area (Å²) in [5.74, 6) is 0.696. The Morgan fingerprint density at radius 1 is 1.32 bits per heavy atom. The van der Waals surface area contributed by atoms with Crippen molar-refractivity contribution in [1.29, 1.82) is 0 Å². The number of hydrogen-bond donors (Lipinski definition) is 2. The predicted molar refractivity (Wildman–Crippen MR) is 112 cm³/mol. The van der Waals surface area contributed by atoms with Crippen LogP contribution in [0.1, 0.15) is 36.2 Å². The highest BCUT2D eigenvalue weighted by Crippen LogP contribution is 2.39. The van der Waals surface area contributed by atoms with Crippen LogP contribution < -0.4 is 10.6 Å². The van der Waals surface area contributed by atoms with Crippen molar-refractivity contribution >= 4 is 32.3 Å². The van der Waals surface area contributed by atoms with E-state index in [4.69, 9.17) is 4.42 Å². The van der Waals surface area contributed by atoms with Crippen LogP contribution in [0.2, 0.25) is 0 Å². The molecule has 0 spiro atoms. The van der Waals surface area contributed by atoms with Gasteiger partial charge in [-0.15, -0.1) is 10.2 Å². The van der Waals surface area contributed by atoms with Crippen molar-refractivity contribution in [2.45, 2.75) is 37.0 Å². The first-order chi connectivity index (χ1) is 14.7. The molecule has 0 atom stereocenters. The normalized spacial score (nSPS) is 13.9. The van der Waals surface area contributed by atoms with Gasteiger partial charge in [-0.25, -0.2) is 22.6 Å². The highest BCUT2D eigenvalue weighted by Gasteiger charge is 2.29. The first-order valence-corrected chi connectivity index (χ1v) is 12.3. The lowest BCUT2D eigenvalue weighted by atomic mass is 10.1. The number of anilines is 1. The van der Waals surface area contributed by atoms with E-state index in [1.54, 1.807) is 6.92 Å². The topological polar surface area (TPSA) is 127 Å². The Kier molecular flexibility index (Phi) is 5.75. The number of carbonyl (C=O) groups excluding carboxylic acids is 1. The largest absolute Gasteiger partial charge is 0.425 e. The Balaban J connectivity index is 1.35. The lowest BCUT2D eigenvalue weighted by molar-refractivity contribution is 0.252. The molecule has 1 saturated carbocycles. The number of carbonyl (C=O) groups is 1. The lowest BCUT2D eigenvalue weighted by Crippen LogP contribution is -2.30. The summed E-state index contributed by atoms with van der Waals surface area (Å²) < 4.78 is 42.9. The molecule has 1 aromatic carbocycles. The molecule has 2 aromatic heterocycles. The Hall–Kier alpha value is -2.86. The smallest absolute Gasteiger partial charge is 0.321 e. The fraction of sp³-hybridized carbons (Fsp3) is 0.368. The van der Waals surface area contributed by atoms with E-state index in [-0.39, 0.29) is 4.90 Å². The molecule has 12 heteroatoms. The molecule has 2 N–H and O–H groups in total. The Bertz CT molecular complexity index is 1230. The predicted octanol–water partition coefficient (Wildman–Crippen LogP) is 3.29. The molecular weight excluding hydrogens is 445 g/mol. The quantitative estimate of drug-likeness (QED) is 0.548. The number of rotatable bonds is 7. The third kappa shape index (κ3) is 5.07. The van der Waals surface area contributed by atoms with E-state index in [2.05, 4.69) is 25.8 Å². The van der Waals surface area contributed by atoms with Gasteiger partial charge in [0.2, 0.25) is 11.8 Å². The standard InChI is InChI=1S/C19H20FN5O4S2/c1-10-16(12-5-6-14(13(20)9-12)31(2,27)28)30-19(22-10)23-18(26)21-8-7-15-24-25-17(29-15)11-3-4-11/h5-6,9,11H,3-4,7-8H2,1-2H3,(H2,21,22,23,26). The third-order valence-corrected chi connectivity index (χ3v) is 6.90. The molecule has 1 aliphatic carbocycles. The van der Waals surface area contributed by atoms with Crippen LogP contribution in [0.3, 0.4) is 0 Å². The summed E-state index contributed by atoms with van der Waals surface area (Å²) in [5, 5.41) is 13.6. The second kappa shape index (κ2) is 8.35. The summed E-state index contributed by atoms with van der Waals surface area (Å²) in [5.41, 5.74) is 1.07. The molecule has 3 aromatic rings. The summed E-state index contributed by atoms with van der Waals surface area (Å²) in [6.07, 6.45) is 3.52. The Morgan fingerprint density at radius 3 is 2.77 bits per heavy atom. The zero-order valence-corrected chi connectivity index (χ0v) is 18.4. The highest BCUT2D eigenvalue weighted by molar-refractivity contribution is 7.90. The van der Waals surface area contributed by atoms with Gasteiger partial charge in [0.15, 0.2) is 15.0 Å². The highest BCUT2D eigenvalue weighted by atomic mass is 32.2. The fourth-order valence-corrected chi connectivity index (χ4v) is 4.63. The summed E-state index contributed by atoms with van der Waals surface area (Å²) in [4.78, 5) is 16.7. The Labute approximate surface area is 182 Å². The first kappa shape index (κ1) is 21.4. The second-order valence-electron chi connectivity index (χ2n) is 7.29. The van der Waals surface area contributed by atoms with Crippen LogP contribution in [0.5, 0.6) is 0 Å². The molecular formula is C19H20FN5O4S2. The second-order valence-corrected chi connectivity index (χ2v) is 10.3. The number of benzene rings is 1. The van der Waals surface area contributed by atoms with Crippen LogP contribution in [-0.4, -0.2) is 42.4 Å². The first-order valence-electron chi connectivity index (χ1n) is 9.55. The minimum Gasteiger partial charge on any atom is -0.425 e. The number of aryl methyl sites for hydroxylation is 1. The number of nitrogens with one attached hydrogen (secondary N) is 2. The van der Waals surface area contributed by atoms with Crippen molar-refractivity contribution < 1.29 is 22.0 Å². The van der Waals surface area contributed by atoms with Gasteiger partial charge in [0, 0.05) is 25.1 Å². The zero-order valence-electron chi connectivity index (χ0n) is 16.8. The van der Waals surface area contributed by atoms with Gasteiger partial charge in [-0.2, -0.15) is 0 Å². The molecule has 0 aliphatic heterocycles. The maximum Gasteiger partial charge on any atom is 0.321 e. The Morgan fingerprint density at radius 2 is 2.10 bits per heavy atom. The third-order valence-electron chi connectivity index (χ3n) is 4.64. The van der Waals surface area contributed by atoms with E-state index in [1.165, 1.54) is 23.5 Å². The number of nitrogens with zero attached hydrogens (tertiary/aromatic N) is 3. The van der Waals surface area contributed by atoms with Crippen molar-refractivity contribution in [1.82, 2.24) is 20.5 Å². The number of urea groups is 1. The molecule has 0 saturated heterocycles. The van der Waals surface area contributed by atoms with Crippen LogP contribution in [0, 0.1) is 12.7 Å². The van der Waals surface area contributed by atoms with Gasteiger partial charge in [0.1, 0.15) is 10.7 Å². The van der Waals surface area contributed by atoms with Gasteiger partial charge in [0.05, 0.1) is 10.6 Å². The van der Waals surface area contributed by atoms with E-state index >= 15 is 0 Å². The molecule has 0 radical (unpaired) electrons. The summed E-state index contributed by atoms with van der Waals surface area (Å²) in [7, 11) is -3.65. The molecule has 2 amide bonds. The van der Waals surface area contributed by atoms with Gasteiger partial charge < -0.3 is 9.73 Å². The lowest BCUT2D eigenvalue weighted by Gasteiger charge is -2.04. The van der Waals surface area contributed by atoms with E-state index in [1.807, 2.05) is 0 Å². The van der Waals surface area contributed by atoms with Crippen LogP contribution in [0.15, 0.2) is 27.5 Å². The van der Waals surface area contributed by atoms with Crippen molar-refractivity contribution in [3.63, 3.8) is 0 Å². The molecule has 2 heterocycles. The van der Waals surface area contributed by atoms with Crippen LogP contribution in [0.25, 0.3) is 10.4 Å². The average molecular weight is 466 g/mol. The van der Waals surface area contributed by atoms with E-state index in [9.17, 15) is 17.6 Å². The molecule has 1 aliphatic rings. The molecule has 1 fully saturated rings. The van der Waals surface area contributed by atoms with Gasteiger partial charge in [-0.1, -0.05) is 17.4 Å². The van der Waals surface area contributed by atoms with Gasteiger partial charge >= 0.3 is 6.03 Å². The minimum atomic E-state index is -3.65. The molecule has 31 heavy (non-hydrogen) atoms. The molecule has 0 unspecified atom stereocenters. The monoisotopic (exact) mass is 465 g/mol. The number of aromatic nitrogens is 3.